The Kier molecular flexibility index (Phi) is 3.13. The maximum atomic E-state index is 11.3. The molecule has 0 amide bonds. The molecular formula is C12H10O3S2. The van der Waals surface area contributed by atoms with Crippen LogP contribution in [0, 0.1) is 0 Å². The molecule has 0 bridgehead atoms. The lowest BCUT2D eigenvalue weighted by Crippen LogP contribution is -1.96. The number of thiophene rings is 1. The maximum Gasteiger partial charge on any atom is 0.175 e. The summed E-state index contributed by atoms with van der Waals surface area (Å²) < 4.78 is 22.6. The van der Waals surface area contributed by atoms with Crippen molar-refractivity contribution in [2.75, 3.05) is 6.26 Å². The van der Waals surface area contributed by atoms with Crippen LogP contribution >= 0.6 is 11.3 Å². The number of sulfone groups is 1. The molecule has 2 aromatic rings. The Morgan fingerprint density at radius 3 is 2.29 bits per heavy atom. The fourth-order valence-electron chi connectivity index (χ4n) is 1.53. The first kappa shape index (κ1) is 12.0. The van der Waals surface area contributed by atoms with E-state index in [2.05, 4.69) is 0 Å². The summed E-state index contributed by atoms with van der Waals surface area (Å²) in [7, 11) is -3.17. The number of hydrogen-bond donors (Lipinski definition) is 0. The SMILES string of the molecule is CS(=O)(=O)c1ccc(-c2ccsc2C=O)cc1. The second-order valence-electron chi connectivity index (χ2n) is 3.61. The Hall–Kier alpha value is -1.46. The Morgan fingerprint density at radius 1 is 1.12 bits per heavy atom. The molecule has 88 valence electrons. The van der Waals surface area contributed by atoms with Crippen molar-refractivity contribution < 1.29 is 13.2 Å². The smallest absolute Gasteiger partial charge is 0.175 e. The largest absolute Gasteiger partial charge is 0.297 e. The van der Waals surface area contributed by atoms with E-state index in [0.29, 0.717) is 4.88 Å². The van der Waals surface area contributed by atoms with Crippen LogP contribution in [-0.2, 0) is 9.84 Å². The predicted molar refractivity (Wildman–Crippen MR) is 68.3 cm³/mol. The molecule has 0 radical (unpaired) electrons. The molecule has 0 N–H and O–H groups in total. The Labute approximate surface area is 104 Å². The second-order valence-corrected chi connectivity index (χ2v) is 6.58. The average Bonchev–Trinajstić information content (AvgIpc) is 2.76. The number of carbonyl (C=O) groups excluding carboxylic acids is 1. The summed E-state index contributed by atoms with van der Waals surface area (Å²) in [5.41, 5.74) is 1.69. The highest BCUT2D eigenvalue weighted by Crippen LogP contribution is 2.27. The molecule has 0 saturated heterocycles. The minimum absolute atomic E-state index is 0.282. The molecule has 0 fully saturated rings. The lowest BCUT2D eigenvalue weighted by atomic mass is 10.1. The molecular weight excluding hydrogens is 256 g/mol. The molecule has 0 saturated carbocycles. The average molecular weight is 266 g/mol. The number of benzene rings is 1. The summed E-state index contributed by atoms with van der Waals surface area (Å²) in [6.45, 7) is 0. The molecule has 1 aromatic heterocycles. The Bertz CT molecular complexity index is 637. The van der Waals surface area contributed by atoms with Crippen LogP contribution in [0.5, 0.6) is 0 Å². The highest BCUT2D eigenvalue weighted by atomic mass is 32.2. The molecule has 17 heavy (non-hydrogen) atoms. The van der Waals surface area contributed by atoms with Crippen molar-refractivity contribution >= 4 is 27.5 Å². The van der Waals surface area contributed by atoms with Crippen LogP contribution in [0.3, 0.4) is 0 Å². The zero-order valence-electron chi connectivity index (χ0n) is 9.08. The third kappa shape index (κ3) is 2.45. The van der Waals surface area contributed by atoms with E-state index in [0.717, 1.165) is 17.4 Å². The zero-order chi connectivity index (χ0) is 12.5. The van der Waals surface area contributed by atoms with Crippen molar-refractivity contribution in [1.29, 1.82) is 0 Å². The molecule has 1 heterocycles. The normalized spacial score (nSPS) is 11.4. The fourth-order valence-corrected chi connectivity index (χ4v) is 2.88. The van der Waals surface area contributed by atoms with Gasteiger partial charge in [0.2, 0.25) is 0 Å². The van der Waals surface area contributed by atoms with E-state index < -0.39 is 9.84 Å². The van der Waals surface area contributed by atoms with E-state index >= 15 is 0 Å². The van der Waals surface area contributed by atoms with Gasteiger partial charge in [-0.15, -0.1) is 11.3 Å². The van der Waals surface area contributed by atoms with Crippen molar-refractivity contribution in [3.05, 3.63) is 40.6 Å². The van der Waals surface area contributed by atoms with Crippen molar-refractivity contribution in [3.8, 4) is 11.1 Å². The van der Waals surface area contributed by atoms with Gasteiger partial charge in [-0.2, -0.15) is 0 Å². The van der Waals surface area contributed by atoms with E-state index in [9.17, 15) is 13.2 Å². The number of carbonyl (C=O) groups is 1. The highest BCUT2D eigenvalue weighted by molar-refractivity contribution is 7.90. The van der Waals surface area contributed by atoms with Gasteiger partial charge in [-0.05, 0) is 29.1 Å². The van der Waals surface area contributed by atoms with E-state index in [1.807, 2.05) is 11.4 Å². The van der Waals surface area contributed by atoms with E-state index in [4.69, 9.17) is 0 Å². The zero-order valence-corrected chi connectivity index (χ0v) is 10.7. The van der Waals surface area contributed by atoms with Crippen LogP contribution in [-0.4, -0.2) is 21.0 Å². The molecule has 0 atom stereocenters. The quantitative estimate of drug-likeness (QED) is 0.802. The molecule has 3 nitrogen and oxygen atoms in total. The lowest BCUT2D eigenvalue weighted by Gasteiger charge is -2.02. The van der Waals surface area contributed by atoms with Crippen molar-refractivity contribution in [2.24, 2.45) is 0 Å². The van der Waals surface area contributed by atoms with Gasteiger partial charge < -0.3 is 0 Å². The first-order valence-corrected chi connectivity index (χ1v) is 7.62. The number of rotatable bonds is 3. The molecule has 1 aromatic carbocycles. The van der Waals surface area contributed by atoms with E-state index in [1.54, 1.807) is 24.3 Å². The van der Waals surface area contributed by atoms with Crippen molar-refractivity contribution in [3.63, 3.8) is 0 Å². The van der Waals surface area contributed by atoms with Gasteiger partial charge in [-0.3, -0.25) is 4.79 Å². The van der Waals surface area contributed by atoms with Crippen molar-refractivity contribution in [1.82, 2.24) is 0 Å². The van der Waals surface area contributed by atoms with Gasteiger partial charge in [0.1, 0.15) is 0 Å². The molecule has 0 aliphatic rings. The lowest BCUT2D eigenvalue weighted by molar-refractivity contribution is 0.112. The molecule has 0 spiro atoms. The summed E-state index contributed by atoms with van der Waals surface area (Å²) in [5.74, 6) is 0. The monoisotopic (exact) mass is 266 g/mol. The van der Waals surface area contributed by atoms with Crippen molar-refractivity contribution in [2.45, 2.75) is 4.90 Å². The summed E-state index contributed by atoms with van der Waals surface area (Å²) in [5, 5.41) is 1.84. The molecule has 0 unspecified atom stereocenters. The van der Waals surface area contributed by atoms with E-state index in [1.165, 1.54) is 17.6 Å². The van der Waals surface area contributed by atoms with Crippen LogP contribution in [0.4, 0.5) is 0 Å². The maximum absolute atomic E-state index is 11.3. The van der Waals surface area contributed by atoms with E-state index in [-0.39, 0.29) is 4.90 Å². The van der Waals surface area contributed by atoms with Crippen LogP contribution in [0.2, 0.25) is 0 Å². The third-order valence-electron chi connectivity index (χ3n) is 2.40. The Balaban J connectivity index is 2.46. The van der Waals surface area contributed by atoms with Gasteiger partial charge in [0.25, 0.3) is 0 Å². The van der Waals surface area contributed by atoms with Gasteiger partial charge >= 0.3 is 0 Å². The number of hydrogen-bond acceptors (Lipinski definition) is 4. The predicted octanol–water partition coefficient (Wildman–Crippen LogP) is 2.63. The summed E-state index contributed by atoms with van der Waals surface area (Å²) in [6.07, 6.45) is 1.98. The molecule has 5 heteroatoms. The first-order valence-electron chi connectivity index (χ1n) is 4.85. The fraction of sp³-hybridized carbons (Fsp3) is 0.0833. The molecule has 0 aliphatic heterocycles. The topological polar surface area (TPSA) is 51.2 Å². The second kappa shape index (κ2) is 4.43. The number of aldehydes is 1. The summed E-state index contributed by atoms with van der Waals surface area (Å²) >= 11 is 1.37. The van der Waals surface area contributed by atoms with Crippen LogP contribution in [0.25, 0.3) is 11.1 Å². The van der Waals surface area contributed by atoms with Gasteiger partial charge in [-0.25, -0.2) is 8.42 Å². The molecule has 0 aliphatic carbocycles. The minimum Gasteiger partial charge on any atom is -0.297 e. The van der Waals surface area contributed by atoms with Gasteiger partial charge in [-0.1, -0.05) is 12.1 Å². The Morgan fingerprint density at radius 2 is 1.76 bits per heavy atom. The van der Waals surface area contributed by atoms with Gasteiger partial charge in [0, 0.05) is 11.8 Å². The standard InChI is InChI=1S/C12H10O3S2/c1-17(14,15)10-4-2-9(3-5-10)11-6-7-16-12(11)8-13/h2-8H,1H3. The van der Waals surface area contributed by atoms with Gasteiger partial charge in [0.05, 0.1) is 9.77 Å². The minimum atomic E-state index is -3.17. The van der Waals surface area contributed by atoms with Crippen LogP contribution in [0.1, 0.15) is 9.67 Å². The third-order valence-corrected chi connectivity index (χ3v) is 4.37. The summed E-state index contributed by atoms with van der Waals surface area (Å²) in [4.78, 5) is 11.7. The first-order chi connectivity index (χ1) is 8.02. The van der Waals surface area contributed by atoms with Crippen LogP contribution in [0.15, 0.2) is 40.6 Å². The van der Waals surface area contributed by atoms with Gasteiger partial charge in [0.15, 0.2) is 16.1 Å². The van der Waals surface area contributed by atoms with Crippen LogP contribution < -0.4 is 0 Å². The highest BCUT2D eigenvalue weighted by Gasteiger charge is 2.09. The summed E-state index contributed by atoms with van der Waals surface area (Å²) in [6, 6.07) is 8.38. The molecule has 2 rings (SSSR count).